The fourth-order valence-corrected chi connectivity index (χ4v) is 4.92. The highest BCUT2D eigenvalue weighted by Crippen LogP contribution is 2.46. The number of allylic oxidation sites excluding steroid dienone is 1. The van der Waals surface area contributed by atoms with Crippen LogP contribution in [0.4, 0.5) is 5.95 Å². The largest absolute Gasteiger partial charge is 0.495 e. The summed E-state index contributed by atoms with van der Waals surface area (Å²) >= 11 is 18.6. The number of carbonyl (C=O) groups is 1. The van der Waals surface area contributed by atoms with E-state index in [1.807, 2.05) is 18.2 Å². The Morgan fingerprint density at radius 3 is 2.71 bits per heavy atom. The molecule has 3 aromatic rings. The number of fused-ring (bicyclic) bond motifs is 1. The summed E-state index contributed by atoms with van der Waals surface area (Å²) in [5.41, 5.74) is 8.33. The van der Waals surface area contributed by atoms with Gasteiger partial charge in [-0.3, -0.25) is 4.79 Å². The van der Waals surface area contributed by atoms with Crippen LogP contribution in [-0.2, 0) is 4.79 Å². The summed E-state index contributed by atoms with van der Waals surface area (Å²) in [7, 11) is 1.51. The third-order valence-corrected chi connectivity index (χ3v) is 6.82. The first-order valence-corrected chi connectivity index (χ1v) is 12.3. The molecule has 0 saturated heterocycles. The van der Waals surface area contributed by atoms with Crippen LogP contribution in [0.15, 0.2) is 42.6 Å². The number of hydrogen-bond donors (Lipinski definition) is 2. The molecule has 2 aromatic carbocycles. The monoisotopic (exact) mass is 534 g/mol. The molecule has 184 valence electrons. The number of methoxy groups -OCH3 is 1. The average molecular weight is 536 g/mol. The molecule has 7 nitrogen and oxygen atoms in total. The summed E-state index contributed by atoms with van der Waals surface area (Å²) < 4.78 is 11.1. The van der Waals surface area contributed by atoms with Gasteiger partial charge < -0.3 is 20.5 Å². The first-order valence-electron chi connectivity index (χ1n) is 11.2. The SMILES string of the molecule is COc1cc(OC/C=C/C(=O)Cl)c(Cl)c(-c2ccc3nc(NC4CCCC[C@@H]4N)ncc3c2)c1Cl. The van der Waals surface area contributed by atoms with Gasteiger partial charge in [0.1, 0.15) is 18.1 Å². The Morgan fingerprint density at radius 1 is 1.20 bits per heavy atom. The number of nitrogens with one attached hydrogen (secondary N) is 1. The van der Waals surface area contributed by atoms with Crippen molar-refractivity contribution in [3.8, 4) is 22.6 Å². The van der Waals surface area contributed by atoms with Gasteiger partial charge in [-0.1, -0.05) is 42.1 Å². The molecule has 1 fully saturated rings. The van der Waals surface area contributed by atoms with Crippen LogP contribution >= 0.6 is 34.8 Å². The minimum Gasteiger partial charge on any atom is -0.495 e. The van der Waals surface area contributed by atoms with Gasteiger partial charge in [0.15, 0.2) is 0 Å². The molecule has 1 heterocycles. The van der Waals surface area contributed by atoms with Crippen molar-refractivity contribution in [2.45, 2.75) is 37.8 Å². The standard InChI is InChI=1S/C25H25Cl3N4O3/c1-34-19-12-20(35-10-4-7-21(26)33)24(28)22(23(19)27)14-8-9-17-15(11-14)13-30-25(31-17)32-18-6-3-2-5-16(18)29/h4,7-9,11-13,16,18H,2-3,5-6,10,29H2,1H3,(H,30,31,32)/b7-4+/t16-,18?/m0/s1. The molecule has 0 amide bonds. The predicted octanol–water partition coefficient (Wildman–Crippen LogP) is 5.99. The smallest absolute Gasteiger partial charge is 0.244 e. The molecule has 0 aliphatic heterocycles. The Kier molecular flexibility index (Phi) is 8.34. The lowest BCUT2D eigenvalue weighted by atomic mass is 9.91. The lowest BCUT2D eigenvalue weighted by Gasteiger charge is -2.29. The van der Waals surface area contributed by atoms with Gasteiger partial charge in [-0.05, 0) is 54.3 Å². The Bertz CT molecular complexity index is 1270. The molecule has 2 atom stereocenters. The number of hydrogen-bond acceptors (Lipinski definition) is 7. The van der Waals surface area contributed by atoms with Crippen molar-refractivity contribution < 1.29 is 14.3 Å². The highest BCUT2D eigenvalue weighted by Gasteiger charge is 2.23. The molecule has 35 heavy (non-hydrogen) atoms. The topological polar surface area (TPSA) is 99.4 Å². The van der Waals surface area contributed by atoms with Gasteiger partial charge in [0.25, 0.3) is 0 Å². The average Bonchev–Trinajstić information content (AvgIpc) is 2.84. The van der Waals surface area contributed by atoms with Gasteiger partial charge >= 0.3 is 0 Å². The number of carbonyl (C=O) groups excluding carboxylic acids is 1. The highest BCUT2D eigenvalue weighted by atomic mass is 35.5. The van der Waals surface area contributed by atoms with Gasteiger partial charge in [0, 0.05) is 35.3 Å². The van der Waals surface area contributed by atoms with Crippen molar-refractivity contribution >= 4 is 56.9 Å². The van der Waals surface area contributed by atoms with Crippen molar-refractivity contribution in [3.63, 3.8) is 0 Å². The third kappa shape index (κ3) is 5.98. The molecule has 3 N–H and O–H groups in total. The van der Waals surface area contributed by atoms with E-state index in [1.165, 1.54) is 19.3 Å². The fraction of sp³-hybridized carbons (Fsp3) is 0.320. The normalized spacial score (nSPS) is 18.1. The molecule has 1 aliphatic carbocycles. The molecule has 0 spiro atoms. The lowest BCUT2D eigenvalue weighted by molar-refractivity contribution is -0.107. The highest BCUT2D eigenvalue weighted by molar-refractivity contribution is 6.66. The van der Waals surface area contributed by atoms with Crippen LogP contribution in [0.1, 0.15) is 25.7 Å². The van der Waals surface area contributed by atoms with Crippen LogP contribution in [0.3, 0.4) is 0 Å². The molecule has 1 aromatic heterocycles. The zero-order chi connectivity index (χ0) is 24.9. The van der Waals surface area contributed by atoms with Crippen LogP contribution in [0.2, 0.25) is 10.0 Å². The van der Waals surface area contributed by atoms with Crippen LogP contribution in [0.25, 0.3) is 22.0 Å². The van der Waals surface area contributed by atoms with E-state index in [4.69, 9.17) is 50.0 Å². The number of aromatic nitrogens is 2. The van der Waals surface area contributed by atoms with Crippen molar-refractivity contribution in [1.29, 1.82) is 0 Å². The number of nitrogens with two attached hydrogens (primary N) is 1. The van der Waals surface area contributed by atoms with Gasteiger partial charge in [0.05, 0.1) is 22.7 Å². The van der Waals surface area contributed by atoms with Crippen LogP contribution in [0.5, 0.6) is 11.5 Å². The van der Waals surface area contributed by atoms with E-state index in [9.17, 15) is 4.79 Å². The van der Waals surface area contributed by atoms with Gasteiger partial charge in [-0.2, -0.15) is 0 Å². The number of nitrogens with zero attached hydrogens (tertiary/aromatic N) is 2. The van der Waals surface area contributed by atoms with E-state index in [0.717, 1.165) is 42.1 Å². The Morgan fingerprint density at radius 2 is 1.97 bits per heavy atom. The number of anilines is 1. The third-order valence-electron chi connectivity index (χ3n) is 5.94. The van der Waals surface area contributed by atoms with Crippen molar-refractivity contribution in [2.75, 3.05) is 19.0 Å². The maximum absolute atomic E-state index is 10.9. The fourth-order valence-electron chi connectivity index (χ4n) is 4.14. The van der Waals surface area contributed by atoms with Gasteiger partial charge in [-0.25, -0.2) is 9.97 Å². The summed E-state index contributed by atoms with van der Waals surface area (Å²) in [6.07, 6.45) is 8.78. The molecule has 1 unspecified atom stereocenters. The van der Waals surface area contributed by atoms with Crippen molar-refractivity contribution in [3.05, 3.63) is 52.7 Å². The molecular weight excluding hydrogens is 511 g/mol. The molecule has 0 radical (unpaired) electrons. The minimum absolute atomic E-state index is 0.0917. The zero-order valence-corrected chi connectivity index (χ0v) is 21.3. The second-order valence-corrected chi connectivity index (χ2v) is 9.39. The summed E-state index contributed by atoms with van der Waals surface area (Å²) in [5, 5.41) is 4.27. The summed E-state index contributed by atoms with van der Waals surface area (Å²) in [4.78, 5) is 20.0. The Labute approximate surface area is 218 Å². The molecule has 4 rings (SSSR count). The van der Waals surface area contributed by atoms with Gasteiger partial charge in [-0.15, -0.1) is 0 Å². The first-order chi connectivity index (χ1) is 16.9. The molecule has 1 saturated carbocycles. The van der Waals surface area contributed by atoms with Crippen LogP contribution < -0.4 is 20.5 Å². The minimum atomic E-state index is -0.590. The van der Waals surface area contributed by atoms with Crippen LogP contribution in [-0.4, -0.2) is 41.0 Å². The number of ether oxygens (including phenoxy) is 2. The molecule has 0 bridgehead atoms. The Hall–Kier alpha value is -2.58. The maximum atomic E-state index is 10.9. The molecule has 1 aliphatic rings. The van der Waals surface area contributed by atoms with Gasteiger partial charge in [0.2, 0.25) is 11.2 Å². The number of rotatable bonds is 8. The zero-order valence-electron chi connectivity index (χ0n) is 19.1. The Balaban J connectivity index is 1.64. The summed E-state index contributed by atoms with van der Waals surface area (Å²) in [5.74, 6) is 1.32. The first kappa shape index (κ1) is 25.5. The van der Waals surface area contributed by atoms with E-state index in [-0.39, 0.29) is 18.7 Å². The quantitative estimate of drug-likeness (QED) is 0.270. The van der Waals surface area contributed by atoms with E-state index in [2.05, 4.69) is 15.3 Å². The number of halogens is 3. The molecular formula is C25H25Cl3N4O3. The number of benzene rings is 2. The van der Waals surface area contributed by atoms with E-state index >= 15 is 0 Å². The summed E-state index contributed by atoms with van der Waals surface area (Å²) in [6.45, 7) is 0.0917. The predicted molar refractivity (Wildman–Crippen MR) is 141 cm³/mol. The van der Waals surface area contributed by atoms with E-state index in [0.29, 0.717) is 33.1 Å². The lowest BCUT2D eigenvalue weighted by Crippen LogP contribution is -2.42. The second-order valence-electron chi connectivity index (χ2n) is 8.26. The van der Waals surface area contributed by atoms with Crippen molar-refractivity contribution in [1.82, 2.24) is 9.97 Å². The van der Waals surface area contributed by atoms with Crippen LogP contribution in [0, 0.1) is 0 Å². The van der Waals surface area contributed by atoms with E-state index in [1.54, 1.807) is 12.3 Å². The maximum Gasteiger partial charge on any atom is 0.244 e. The van der Waals surface area contributed by atoms with Crippen molar-refractivity contribution in [2.24, 2.45) is 5.73 Å². The van der Waals surface area contributed by atoms with E-state index < -0.39 is 5.24 Å². The summed E-state index contributed by atoms with van der Waals surface area (Å²) in [6, 6.07) is 7.56. The second kappa shape index (κ2) is 11.4. The molecule has 10 heteroatoms.